The summed E-state index contributed by atoms with van der Waals surface area (Å²) < 4.78 is 24.2. The van der Waals surface area contributed by atoms with Crippen molar-refractivity contribution in [2.45, 2.75) is 32.4 Å². The Bertz CT molecular complexity index is 366. The van der Waals surface area contributed by atoms with Gasteiger partial charge in [-0.3, -0.25) is 0 Å². The number of rotatable bonds is 6. The molecule has 0 bridgehead atoms. The molecule has 3 nitrogen and oxygen atoms in total. The summed E-state index contributed by atoms with van der Waals surface area (Å²) in [6.07, 6.45) is 0.696. The zero-order valence-corrected chi connectivity index (χ0v) is 10.6. The van der Waals surface area contributed by atoms with Crippen LogP contribution in [0.25, 0.3) is 0 Å². The molecule has 0 heterocycles. The molecule has 1 aromatic carbocycles. The molecule has 0 aliphatic rings. The molecule has 0 aromatic heterocycles. The van der Waals surface area contributed by atoms with Crippen molar-refractivity contribution in [2.24, 2.45) is 5.73 Å². The molecule has 0 aliphatic heterocycles. The molecule has 96 valence electrons. The van der Waals surface area contributed by atoms with E-state index in [0.717, 1.165) is 5.56 Å². The summed E-state index contributed by atoms with van der Waals surface area (Å²) in [6, 6.07) is 4.77. The molecule has 0 saturated heterocycles. The SMILES string of the molecule is COC(C)(C)CCOc1ccc(CN)cc1F. The van der Waals surface area contributed by atoms with Crippen LogP contribution in [-0.2, 0) is 11.3 Å². The van der Waals surface area contributed by atoms with Crippen LogP contribution in [0.5, 0.6) is 5.75 Å². The number of nitrogens with two attached hydrogens (primary N) is 1. The molecule has 0 fully saturated rings. The van der Waals surface area contributed by atoms with E-state index in [1.807, 2.05) is 13.8 Å². The van der Waals surface area contributed by atoms with Crippen LogP contribution in [0.3, 0.4) is 0 Å². The quantitative estimate of drug-likeness (QED) is 0.832. The first-order valence-corrected chi connectivity index (χ1v) is 5.65. The van der Waals surface area contributed by atoms with Gasteiger partial charge in [-0.15, -0.1) is 0 Å². The fourth-order valence-electron chi connectivity index (χ4n) is 1.30. The van der Waals surface area contributed by atoms with E-state index in [1.165, 1.54) is 6.07 Å². The highest BCUT2D eigenvalue weighted by Gasteiger charge is 2.16. The zero-order chi connectivity index (χ0) is 12.9. The topological polar surface area (TPSA) is 44.5 Å². The van der Waals surface area contributed by atoms with Gasteiger partial charge in [0.1, 0.15) is 0 Å². The molecule has 2 N–H and O–H groups in total. The van der Waals surface area contributed by atoms with Gasteiger partial charge in [0.05, 0.1) is 12.2 Å². The van der Waals surface area contributed by atoms with E-state index in [0.29, 0.717) is 19.6 Å². The van der Waals surface area contributed by atoms with E-state index >= 15 is 0 Å². The Morgan fingerprint density at radius 2 is 2.06 bits per heavy atom. The first kappa shape index (κ1) is 13.9. The second-order valence-corrected chi connectivity index (χ2v) is 4.53. The number of ether oxygens (including phenoxy) is 2. The van der Waals surface area contributed by atoms with Crippen molar-refractivity contribution >= 4 is 0 Å². The minimum atomic E-state index is -0.372. The van der Waals surface area contributed by atoms with Gasteiger partial charge in [-0.2, -0.15) is 0 Å². The number of benzene rings is 1. The average molecular weight is 241 g/mol. The molecule has 0 saturated carbocycles. The Morgan fingerprint density at radius 3 is 2.59 bits per heavy atom. The smallest absolute Gasteiger partial charge is 0.165 e. The van der Waals surface area contributed by atoms with Crippen molar-refractivity contribution in [3.05, 3.63) is 29.6 Å². The van der Waals surface area contributed by atoms with E-state index in [9.17, 15) is 4.39 Å². The van der Waals surface area contributed by atoms with E-state index in [4.69, 9.17) is 15.2 Å². The second-order valence-electron chi connectivity index (χ2n) is 4.53. The van der Waals surface area contributed by atoms with Crippen LogP contribution in [0, 0.1) is 5.82 Å². The monoisotopic (exact) mass is 241 g/mol. The predicted molar refractivity (Wildman–Crippen MR) is 65.5 cm³/mol. The molecule has 0 amide bonds. The van der Waals surface area contributed by atoms with Crippen molar-refractivity contribution in [3.8, 4) is 5.75 Å². The minimum absolute atomic E-state index is 0.256. The van der Waals surface area contributed by atoms with Gasteiger partial charge in [-0.1, -0.05) is 6.07 Å². The minimum Gasteiger partial charge on any atom is -0.490 e. The van der Waals surface area contributed by atoms with E-state index < -0.39 is 0 Å². The van der Waals surface area contributed by atoms with Crippen molar-refractivity contribution < 1.29 is 13.9 Å². The maximum absolute atomic E-state index is 13.5. The average Bonchev–Trinajstić information content (AvgIpc) is 2.31. The Hall–Kier alpha value is -1.13. The van der Waals surface area contributed by atoms with Crippen molar-refractivity contribution in [1.29, 1.82) is 0 Å². The standard InChI is InChI=1S/C13H20FNO2/c1-13(2,16-3)6-7-17-12-5-4-10(9-15)8-11(12)14/h4-5,8H,6-7,9,15H2,1-3H3. The Labute approximate surface area is 102 Å². The fraction of sp³-hybridized carbons (Fsp3) is 0.538. The summed E-state index contributed by atoms with van der Waals surface area (Å²) in [5, 5.41) is 0. The van der Waals surface area contributed by atoms with Crippen LogP contribution >= 0.6 is 0 Å². The lowest BCUT2D eigenvalue weighted by Gasteiger charge is -2.22. The summed E-state index contributed by atoms with van der Waals surface area (Å²) >= 11 is 0. The van der Waals surface area contributed by atoms with Crippen LogP contribution < -0.4 is 10.5 Å². The molecule has 1 rings (SSSR count). The zero-order valence-electron chi connectivity index (χ0n) is 10.6. The first-order valence-electron chi connectivity index (χ1n) is 5.65. The number of methoxy groups -OCH3 is 1. The largest absolute Gasteiger partial charge is 0.490 e. The highest BCUT2D eigenvalue weighted by Crippen LogP contribution is 2.20. The maximum atomic E-state index is 13.5. The van der Waals surface area contributed by atoms with Gasteiger partial charge in [0.2, 0.25) is 0 Å². The molecule has 0 atom stereocenters. The van der Waals surface area contributed by atoms with Gasteiger partial charge >= 0.3 is 0 Å². The highest BCUT2D eigenvalue weighted by atomic mass is 19.1. The first-order chi connectivity index (χ1) is 7.98. The molecule has 0 radical (unpaired) electrons. The normalized spacial score (nSPS) is 11.6. The van der Waals surface area contributed by atoms with Gasteiger partial charge in [0.25, 0.3) is 0 Å². The lowest BCUT2D eigenvalue weighted by atomic mass is 10.1. The Kier molecular flexibility index (Phi) is 4.90. The van der Waals surface area contributed by atoms with E-state index in [1.54, 1.807) is 19.2 Å². The summed E-state index contributed by atoms with van der Waals surface area (Å²) in [7, 11) is 1.65. The summed E-state index contributed by atoms with van der Waals surface area (Å²) in [6.45, 7) is 4.67. The second kappa shape index (κ2) is 5.98. The summed E-state index contributed by atoms with van der Waals surface area (Å²) in [5.74, 6) is -0.114. The predicted octanol–water partition coefficient (Wildman–Crippen LogP) is 2.48. The third-order valence-electron chi connectivity index (χ3n) is 2.75. The number of halogens is 1. The molecular formula is C13H20FNO2. The van der Waals surface area contributed by atoms with Crippen LogP contribution in [0.2, 0.25) is 0 Å². The third kappa shape index (κ3) is 4.32. The van der Waals surface area contributed by atoms with Crippen molar-refractivity contribution in [2.75, 3.05) is 13.7 Å². The molecule has 0 unspecified atom stereocenters. The Morgan fingerprint density at radius 1 is 1.35 bits per heavy atom. The van der Waals surface area contributed by atoms with Crippen LogP contribution in [0.4, 0.5) is 4.39 Å². The molecule has 0 aliphatic carbocycles. The van der Waals surface area contributed by atoms with Gasteiger partial charge in [0.15, 0.2) is 11.6 Å². The van der Waals surface area contributed by atoms with Crippen LogP contribution in [0.15, 0.2) is 18.2 Å². The van der Waals surface area contributed by atoms with E-state index in [2.05, 4.69) is 0 Å². The summed E-state index contributed by atoms with van der Waals surface area (Å²) in [5.41, 5.74) is 5.92. The van der Waals surface area contributed by atoms with Crippen molar-refractivity contribution in [1.82, 2.24) is 0 Å². The fourth-order valence-corrected chi connectivity index (χ4v) is 1.30. The maximum Gasteiger partial charge on any atom is 0.165 e. The van der Waals surface area contributed by atoms with Gasteiger partial charge in [-0.05, 0) is 31.5 Å². The van der Waals surface area contributed by atoms with Gasteiger partial charge in [-0.25, -0.2) is 4.39 Å². The van der Waals surface area contributed by atoms with Gasteiger partial charge < -0.3 is 15.2 Å². The molecular weight excluding hydrogens is 221 g/mol. The number of hydrogen-bond acceptors (Lipinski definition) is 3. The van der Waals surface area contributed by atoms with Crippen LogP contribution in [-0.4, -0.2) is 19.3 Å². The third-order valence-corrected chi connectivity index (χ3v) is 2.75. The number of hydrogen-bond donors (Lipinski definition) is 1. The molecule has 0 spiro atoms. The highest BCUT2D eigenvalue weighted by molar-refractivity contribution is 5.29. The summed E-state index contributed by atoms with van der Waals surface area (Å²) in [4.78, 5) is 0. The van der Waals surface area contributed by atoms with Crippen LogP contribution in [0.1, 0.15) is 25.8 Å². The lowest BCUT2D eigenvalue weighted by molar-refractivity contribution is 0.00513. The van der Waals surface area contributed by atoms with E-state index in [-0.39, 0.29) is 17.2 Å². The lowest BCUT2D eigenvalue weighted by Crippen LogP contribution is -2.25. The van der Waals surface area contributed by atoms with Gasteiger partial charge in [0, 0.05) is 20.1 Å². The molecule has 4 heteroatoms. The molecule has 17 heavy (non-hydrogen) atoms. The molecule has 1 aromatic rings. The Balaban J connectivity index is 2.52. The van der Waals surface area contributed by atoms with Crippen molar-refractivity contribution in [3.63, 3.8) is 0 Å².